The molecule has 0 saturated heterocycles. The molecule has 340 valence electrons. The fourth-order valence-electron chi connectivity index (χ4n) is 5.46. The molecule has 0 spiro atoms. The van der Waals surface area contributed by atoms with Crippen molar-refractivity contribution in [1.82, 2.24) is 9.80 Å². The lowest BCUT2D eigenvalue weighted by Crippen LogP contribution is -2.46. The molecule has 0 aromatic heterocycles. The van der Waals surface area contributed by atoms with Crippen molar-refractivity contribution in [3.63, 3.8) is 0 Å². The second-order valence-electron chi connectivity index (χ2n) is 12.3. The highest BCUT2D eigenvalue weighted by Crippen LogP contribution is 2.20. The molecular formula is C38H86N2O14Si2. The molecule has 0 aromatic rings. The van der Waals surface area contributed by atoms with Crippen LogP contribution in [0.3, 0.4) is 0 Å². The molecule has 0 bridgehead atoms. The number of nitrogens with zero attached hydrogens (tertiary/aromatic N) is 2. The van der Waals surface area contributed by atoms with Gasteiger partial charge in [0.25, 0.3) is 0 Å². The maximum absolute atomic E-state index is 5.94. The first-order valence-electron chi connectivity index (χ1n) is 20.9. The highest BCUT2D eigenvalue weighted by molar-refractivity contribution is 6.61. The quantitative estimate of drug-likeness (QED) is 0.0643. The van der Waals surface area contributed by atoms with Crippen LogP contribution in [0.25, 0.3) is 0 Å². The van der Waals surface area contributed by atoms with Crippen LogP contribution in [-0.2, 0) is 64.5 Å². The van der Waals surface area contributed by atoms with Crippen molar-refractivity contribution in [1.29, 1.82) is 0 Å². The van der Waals surface area contributed by atoms with Crippen LogP contribution >= 0.6 is 0 Å². The highest BCUT2D eigenvalue weighted by Gasteiger charge is 2.40. The summed E-state index contributed by atoms with van der Waals surface area (Å²) in [4.78, 5) is 4.70. The van der Waals surface area contributed by atoms with E-state index in [0.29, 0.717) is 119 Å². The Morgan fingerprint density at radius 2 is 0.536 bits per heavy atom. The summed E-state index contributed by atoms with van der Waals surface area (Å²) in [5.74, 6) is 0. The molecule has 16 nitrogen and oxygen atoms in total. The van der Waals surface area contributed by atoms with Gasteiger partial charge in [0.05, 0.1) is 79.3 Å². The summed E-state index contributed by atoms with van der Waals surface area (Å²) in [7, 11) is 1.55. The van der Waals surface area contributed by atoms with Gasteiger partial charge in [0, 0.05) is 106 Å². The van der Waals surface area contributed by atoms with E-state index >= 15 is 0 Å². The van der Waals surface area contributed by atoms with Gasteiger partial charge >= 0.3 is 17.6 Å². The minimum absolute atomic E-state index is 0.608. The average Bonchev–Trinajstić information content (AvgIpc) is 3.18. The minimum atomic E-state index is -2.58. The van der Waals surface area contributed by atoms with Crippen LogP contribution < -0.4 is 0 Å². The maximum atomic E-state index is 5.94. The Kier molecular flexibility index (Phi) is 45.8. The largest absolute Gasteiger partial charge is 0.500 e. The van der Waals surface area contributed by atoms with Crippen molar-refractivity contribution >= 4 is 17.6 Å². The Bertz CT molecular complexity index is 651. The van der Waals surface area contributed by atoms with E-state index < -0.39 is 17.6 Å². The molecule has 0 atom stereocenters. The van der Waals surface area contributed by atoms with Crippen molar-refractivity contribution in [3.05, 3.63) is 0 Å². The SMILES string of the molecule is CCO[Si](CCCN(CCOCCOC)CCOCCOC)(OCC)OCC.CCO[Si](CCCN(CCOCCOC)CCOCCOC)(OCC)OCC. The van der Waals surface area contributed by atoms with Crippen LogP contribution in [0.4, 0.5) is 0 Å². The molecule has 0 radical (unpaired) electrons. The molecule has 0 unspecified atom stereocenters. The zero-order valence-electron chi connectivity index (χ0n) is 37.4. The van der Waals surface area contributed by atoms with Gasteiger partial charge in [-0.05, 0) is 67.5 Å². The first-order valence-corrected chi connectivity index (χ1v) is 24.8. The fourth-order valence-corrected chi connectivity index (χ4v) is 10.7. The van der Waals surface area contributed by atoms with Crippen molar-refractivity contribution in [2.24, 2.45) is 0 Å². The Morgan fingerprint density at radius 1 is 0.304 bits per heavy atom. The molecule has 0 aliphatic heterocycles. The molecular weight excluding hydrogens is 765 g/mol. The van der Waals surface area contributed by atoms with Gasteiger partial charge in [-0.15, -0.1) is 0 Å². The first-order chi connectivity index (χ1) is 27.3. The Balaban J connectivity index is 0. The van der Waals surface area contributed by atoms with Crippen molar-refractivity contribution in [3.8, 4) is 0 Å². The summed E-state index contributed by atoms with van der Waals surface area (Å²) >= 11 is 0. The molecule has 0 rings (SSSR count). The summed E-state index contributed by atoms with van der Waals surface area (Å²) in [6.45, 7) is 28.4. The van der Waals surface area contributed by atoms with Gasteiger partial charge in [0.15, 0.2) is 0 Å². The monoisotopic (exact) mass is 851 g/mol. The van der Waals surface area contributed by atoms with Crippen LogP contribution in [0.15, 0.2) is 0 Å². The third kappa shape index (κ3) is 34.6. The van der Waals surface area contributed by atoms with Crippen molar-refractivity contribution in [2.75, 3.05) is 187 Å². The smallest absolute Gasteiger partial charge is 0.382 e. The lowest BCUT2D eigenvalue weighted by atomic mass is 10.4. The zero-order chi connectivity index (χ0) is 41.9. The van der Waals surface area contributed by atoms with Crippen molar-refractivity contribution in [2.45, 2.75) is 66.5 Å². The molecule has 0 aromatic carbocycles. The molecule has 0 N–H and O–H groups in total. The fraction of sp³-hybridized carbons (Fsp3) is 1.00. The van der Waals surface area contributed by atoms with E-state index in [-0.39, 0.29) is 0 Å². The molecule has 0 aliphatic rings. The normalized spacial score (nSPS) is 12.2. The van der Waals surface area contributed by atoms with E-state index in [1.54, 1.807) is 28.4 Å². The number of rotatable bonds is 44. The maximum Gasteiger partial charge on any atom is 0.500 e. The van der Waals surface area contributed by atoms with Crippen LogP contribution in [0, 0.1) is 0 Å². The van der Waals surface area contributed by atoms with Gasteiger partial charge in [-0.3, -0.25) is 9.80 Å². The predicted molar refractivity (Wildman–Crippen MR) is 224 cm³/mol. The van der Waals surface area contributed by atoms with Crippen LogP contribution in [0.2, 0.25) is 12.1 Å². The average molecular weight is 851 g/mol. The van der Waals surface area contributed by atoms with Crippen LogP contribution in [0.1, 0.15) is 54.4 Å². The summed E-state index contributed by atoms with van der Waals surface area (Å²) in [6.07, 6.45) is 1.89. The lowest BCUT2D eigenvalue weighted by Gasteiger charge is -2.29. The Morgan fingerprint density at radius 3 is 0.732 bits per heavy atom. The third-order valence-electron chi connectivity index (χ3n) is 8.03. The number of hydrogen-bond donors (Lipinski definition) is 0. The molecule has 0 heterocycles. The molecule has 56 heavy (non-hydrogen) atoms. The summed E-state index contributed by atoms with van der Waals surface area (Å²) in [5.41, 5.74) is 0. The molecule has 0 fully saturated rings. The van der Waals surface area contributed by atoms with E-state index in [1.165, 1.54) is 0 Å². The number of methoxy groups -OCH3 is 4. The van der Waals surface area contributed by atoms with Gasteiger partial charge < -0.3 is 64.5 Å². The Labute approximate surface area is 344 Å². The molecule has 0 amide bonds. The lowest BCUT2D eigenvalue weighted by molar-refractivity contribution is 0.0371. The molecule has 18 heteroatoms. The second-order valence-corrected chi connectivity index (χ2v) is 17.7. The summed E-state index contributed by atoms with van der Waals surface area (Å²) < 4.78 is 78.2. The zero-order valence-corrected chi connectivity index (χ0v) is 39.4. The van der Waals surface area contributed by atoms with Gasteiger partial charge in [0.1, 0.15) is 0 Å². The number of hydrogen-bond acceptors (Lipinski definition) is 16. The van der Waals surface area contributed by atoms with Crippen LogP contribution in [-0.4, -0.2) is 214 Å². The molecule has 0 aliphatic carbocycles. The third-order valence-corrected chi connectivity index (χ3v) is 14.3. The molecule has 0 saturated carbocycles. The highest BCUT2D eigenvalue weighted by atomic mass is 28.4. The van der Waals surface area contributed by atoms with Gasteiger partial charge in [-0.25, -0.2) is 0 Å². The van der Waals surface area contributed by atoms with E-state index in [1.807, 2.05) is 41.5 Å². The first kappa shape index (κ1) is 57.9. The van der Waals surface area contributed by atoms with Gasteiger partial charge in [-0.1, -0.05) is 0 Å². The van der Waals surface area contributed by atoms with Crippen LogP contribution in [0.5, 0.6) is 0 Å². The van der Waals surface area contributed by atoms with Gasteiger partial charge in [-0.2, -0.15) is 0 Å². The standard InChI is InChI=1S/2C19H43NO7Si/c2*1-6-25-28(26-7-2,27-8-3)19-9-10-20(11-13-23-17-15-21-4)12-14-24-18-16-22-5/h2*6-19H2,1-5H3. The topological polar surface area (TPSA) is 136 Å². The summed E-state index contributed by atoms with van der Waals surface area (Å²) in [5, 5.41) is 0. The van der Waals surface area contributed by atoms with E-state index in [4.69, 9.17) is 64.5 Å². The van der Waals surface area contributed by atoms with Crippen molar-refractivity contribution < 1.29 is 64.5 Å². The second kappa shape index (κ2) is 44.3. The van der Waals surface area contributed by atoms with E-state index in [0.717, 1.165) is 64.2 Å². The predicted octanol–water partition coefficient (Wildman–Crippen LogP) is 4.11. The van der Waals surface area contributed by atoms with Gasteiger partial charge in [0.2, 0.25) is 0 Å². The Hall–Kier alpha value is -0.206. The number of ether oxygens (including phenoxy) is 8. The minimum Gasteiger partial charge on any atom is -0.382 e. The van der Waals surface area contributed by atoms with E-state index in [9.17, 15) is 0 Å². The summed E-state index contributed by atoms with van der Waals surface area (Å²) in [6, 6.07) is 1.63. The van der Waals surface area contributed by atoms with E-state index in [2.05, 4.69) is 9.80 Å².